The van der Waals surface area contributed by atoms with E-state index in [1.165, 1.54) is 4.90 Å². The Morgan fingerprint density at radius 1 is 1.50 bits per heavy atom. The van der Waals surface area contributed by atoms with Crippen LogP contribution in [0.1, 0.15) is 19.3 Å². The summed E-state index contributed by atoms with van der Waals surface area (Å²) < 4.78 is 26.3. The molecule has 0 spiro atoms. The number of nitrogens with zero attached hydrogens (tertiary/aromatic N) is 2. The van der Waals surface area contributed by atoms with Gasteiger partial charge >= 0.3 is 6.09 Å². The Kier molecular flexibility index (Phi) is 4.53. The topological polar surface area (TPSA) is 108 Å². The average Bonchev–Trinajstić information content (AvgIpc) is 2.28. The van der Waals surface area contributed by atoms with Gasteiger partial charge in [0.25, 0.3) is 10.1 Å². The molecule has 1 aliphatic heterocycles. The number of rotatable bonds is 4. The highest BCUT2D eigenvalue weighted by Crippen LogP contribution is 2.34. The summed E-state index contributed by atoms with van der Waals surface area (Å²) in [5.74, 6) is 0. The number of piperidine rings is 1. The molecule has 8 heteroatoms. The van der Waals surface area contributed by atoms with Crippen molar-refractivity contribution < 1.29 is 22.5 Å². The minimum Gasteiger partial charge on any atom is -0.465 e. The van der Waals surface area contributed by atoms with E-state index in [9.17, 15) is 18.5 Å². The molecule has 1 saturated heterocycles. The fraction of sp³-hybridized carbons (Fsp3) is 0.800. The number of amides is 1. The highest BCUT2D eigenvalue weighted by molar-refractivity contribution is 7.85. The number of carbonyl (C=O) groups is 1. The number of hydrogen-bond donors (Lipinski definition) is 1. The van der Waals surface area contributed by atoms with Crippen molar-refractivity contribution in [2.24, 2.45) is 5.41 Å². The Balaban J connectivity index is 2.52. The zero-order chi connectivity index (χ0) is 13.8. The summed E-state index contributed by atoms with van der Waals surface area (Å²) >= 11 is 0. The quantitative estimate of drug-likeness (QED) is 0.755. The van der Waals surface area contributed by atoms with Crippen LogP contribution in [0.15, 0.2) is 0 Å². The zero-order valence-electron chi connectivity index (χ0n) is 10.1. The van der Waals surface area contributed by atoms with Gasteiger partial charge in [-0.05, 0) is 19.3 Å². The third-order valence-electron chi connectivity index (χ3n) is 3.11. The number of likely N-dealkylation sites (tertiary alicyclic amines) is 1. The van der Waals surface area contributed by atoms with E-state index in [1.54, 1.807) is 0 Å². The van der Waals surface area contributed by atoms with Crippen LogP contribution in [0.5, 0.6) is 0 Å². The van der Waals surface area contributed by atoms with Gasteiger partial charge in [0.1, 0.15) is 0 Å². The highest BCUT2D eigenvalue weighted by atomic mass is 32.2. The number of nitriles is 1. The van der Waals surface area contributed by atoms with Gasteiger partial charge in [0, 0.05) is 13.1 Å². The molecule has 1 heterocycles. The normalized spacial score (nSPS) is 19.2. The van der Waals surface area contributed by atoms with Crippen molar-refractivity contribution in [3.8, 4) is 6.07 Å². The molecule has 102 valence electrons. The van der Waals surface area contributed by atoms with Gasteiger partial charge in [0.15, 0.2) is 0 Å². The monoisotopic (exact) mass is 276 g/mol. The van der Waals surface area contributed by atoms with Gasteiger partial charge in [0.05, 0.1) is 24.3 Å². The van der Waals surface area contributed by atoms with Crippen molar-refractivity contribution in [1.82, 2.24) is 4.90 Å². The van der Waals surface area contributed by atoms with Gasteiger partial charge in [-0.25, -0.2) is 4.79 Å². The van der Waals surface area contributed by atoms with E-state index in [0.717, 1.165) is 6.26 Å². The first-order valence-electron chi connectivity index (χ1n) is 5.51. The van der Waals surface area contributed by atoms with Gasteiger partial charge in [-0.2, -0.15) is 13.7 Å². The van der Waals surface area contributed by atoms with E-state index in [-0.39, 0.29) is 6.61 Å². The molecule has 1 rings (SSSR count). The molecule has 0 aromatic carbocycles. The first kappa shape index (κ1) is 14.7. The first-order chi connectivity index (χ1) is 8.28. The van der Waals surface area contributed by atoms with Gasteiger partial charge in [-0.3, -0.25) is 4.18 Å². The maximum atomic E-state index is 10.8. The minimum atomic E-state index is -3.50. The Labute approximate surface area is 106 Å². The second-order valence-electron chi connectivity index (χ2n) is 4.44. The van der Waals surface area contributed by atoms with E-state index < -0.39 is 21.6 Å². The van der Waals surface area contributed by atoms with Crippen LogP contribution >= 0.6 is 0 Å². The van der Waals surface area contributed by atoms with Crippen LogP contribution in [0, 0.1) is 16.7 Å². The number of carboxylic acid groups (broad SMARTS) is 1. The van der Waals surface area contributed by atoms with Crippen molar-refractivity contribution in [3.05, 3.63) is 0 Å². The standard InChI is InChI=1S/C10H16N2O5S/c1-18(15,16)17-7-4-10(8-11)2-5-12(6-3-10)9(13)14/h2-7H2,1H3,(H,13,14). The summed E-state index contributed by atoms with van der Waals surface area (Å²) in [4.78, 5) is 12.0. The Bertz CT molecular complexity index is 445. The highest BCUT2D eigenvalue weighted by Gasteiger charge is 2.36. The van der Waals surface area contributed by atoms with Crippen LogP contribution in [0.2, 0.25) is 0 Å². The third-order valence-corrected chi connectivity index (χ3v) is 3.70. The Morgan fingerprint density at radius 2 is 2.06 bits per heavy atom. The molecule has 7 nitrogen and oxygen atoms in total. The van der Waals surface area contributed by atoms with E-state index in [1.807, 2.05) is 0 Å². The lowest BCUT2D eigenvalue weighted by Gasteiger charge is -2.35. The van der Waals surface area contributed by atoms with E-state index >= 15 is 0 Å². The smallest absolute Gasteiger partial charge is 0.407 e. The Morgan fingerprint density at radius 3 is 2.44 bits per heavy atom. The molecule has 1 amide bonds. The molecule has 0 radical (unpaired) electrons. The van der Waals surface area contributed by atoms with Crippen LogP contribution in [-0.4, -0.2) is 50.5 Å². The van der Waals surface area contributed by atoms with Crippen LogP contribution in [0.25, 0.3) is 0 Å². The van der Waals surface area contributed by atoms with Crippen LogP contribution in [0.4, 0.5) is 4.79 Å². The van der Waals surface area contributed by atoms with Gasteiger partial charge in [-0.1, -0.05) is 0 Å². The molecule has 1 aliphatic rings. The lowest BCUT2D eigenvalue weighted by Crippen LogP contribution is -2.42. The van der Waals surface area contributed by atoms with Gasteiger partial charge in [0.2, 0.25) is 0 Å². The maximum Gasteiger partial charge on any atom is 0.407 e. The molecular weight excluding hydrogens is 260 g/mol. The summed E-state index contributed by atoms with van der Waals surface area (Å²) in [6.45, 7) is 0.545. The largest absolute Gasteiger partial charge is 0.465 e. The predicted molar refractivity (Wildman–Crippen MR) is 62.3 cm³/mol. The van der Waals surface area contributed by atoms with Crippen LogP contribution < -0.4 is 0 Å². The fourth-order valence-corrected chi connectivity index (χ4v) is 2.32. The third kappa shape index (κ3) is 4.16. The van der Waals surface area contributed by atoms with Crippen LogP contribution in [0.3, 0.4) is 0 Å². The van der Waals surface area contributed by atoms with Gasteiger partial charge < -0.3 is 10.0 Å². The summed E-state index contributed by atoms with van der Waals surface area (Å²) in [7, 11) is -3.50. The van der Waals surface area contributed by atoms with E-state index in [4.69, 9.17) is 5.11 Å². The molecule has 0 aromatic heterocycles. The summed E-state index contributed by atoms with van der Waals surface area (Å²) in [5, 5.41) is 18.0. The van der Waals surface area contributed by atoms with E-state index in [0.29, 0.717) is 32.4 Å². The maximum absolute atomic E-state index is 10.8. The molecule has 18 heavy (non-hydrogen) atoms. The lowest BCUT2D eigenvalue weighted by molar-refractivity contribution is 0.101. The molecule has 0 saturated carbocycles. The predicted octanol–water partition coefficient (Wildman–Crippen LogP) is 0.636. The van der Waals surface area contributed by atoms with Crippen LogP contribution in [-0.2, 0) is 14.3 Å². The molecule has 0 aliphatic carbocycles. The van der Waals surface area contributed by atoms with E-state index in [2.05, 4.69) is 10.3 Å². The van der Waals surface area contributed by atoms with Crippen molar-refractivity contribution in [2.45, 2.75) is 19.3 Å². The van der Waals surface area contributed by atoms with Crippen molar-refractivity contribution in [2.75, 3.05) is 26.0 Å². The lowest BCUT2D eigenvalue weighted by atomic mass is 9.77. The molecule has 1 fully saturated rings. The molecule has 1 N–H and O–H groups in total. The molecule has 0 aromatic rings. The first-order valence-corrected chi connectivity index (χ1v) is 7.33. The molecule has 0 atom stereocenters. The second-order valence-corrected chi connectivity index (χ2v) is 6.08. The summed E-state index contributed by atoms with van der Waals surface area (Å²) in [5.41, 5.74) is -0.684. The zero-order valence-corrected chi connectivity index (χ0v) is 10.9. The van der Waals surface area contributed by atoms with Gasteiger partial charge in [-0.15, -0.1) is 0 Å². The Hall–Kier alpha value is -1.33. The summed E-state index contributed by atoms with van der Waals surface area (Å²) in [6.07, 6.45) is 1.07. The molecular formula is C10H16N2O5S. The molecule has 0 bridgehead atoms. The van der Waals surface area contributed by atoms with Crippen molar-refractivity contribution in [1.29, 1.82) is 5.26 Å². The fourth-order valence-electron chi connectivity index (χ4n) is 1.93. The second kappa shape index (κ2) is 5.54. The van der Waals surface area contributed by atoms with Crippen molar-refractivity contribution >= 4 is 16.2 Å². The molecule has 0 unspecified atom stereocenters. The minimum absolute atomic E-state index is 0.0422. The summed E-state index contributed by atoms with van der Waals surface area (Å²) in [6, 6.07) is 2.17. The SMILES string of the molecule is CS(=O)(=O)OCCC1(C#N)CCN(C(=O)O)CC1. The average molecular weight is 276 g/mol. The van der Waals surface area contributed by atoms with Crippen molar-refractivity contribution in [3.63, 3.8) is 0 Å². The number of hydrogen-bond acceptors (Lipinski definition) is 5.